The number of hydrogen-bond donors (Lipinski definition) is 0. The van der Waals surface area contributed by atoms with E-state index in [4.69, 9.17) is 0 Å². The molecule has 1 aromatic rings. The summed E-state index contributed by atoms with van der Waals surface area (Å²) in [6.07, 6.45) is 0. The molecule has 0 atom stereocenters. The molecule has 2 nitrogen and oxygen atoms in total. The fourth-order valence-corrected chi connectivity index (χ4v) is 4.25. The minimum atomic E-state index is -0.0211. The minimum absolute atomic E-state index is 0.0211. The smallest absolute Gasteiger partial charge is 0.173 e. The van der Waals surface area contributed by atoms with Gasteiger partial charge in [-0.05, 0) is 28.0 Å². The van der Waals surface area contributed by atoms with Crippen LogP contribution in [0.15, 0.2) is 20.2 Å². The number of halogens is 1. The van der Waals surface area contributed by atoms with Gasteiger partial charge in [-0.3, -0.25) is 0 Å². The minimum Gasteiger partial charge on any atom is -0.233 e. The Morgan fingerprint density at radius 3 is 3.30 bits per heavy atom. The highest BCUT2D eigenvalue weighted by Crippen LogP contribution is 2.46. The average Bonchev–Trinajstić information content (AvgIpc) is 2.33. The molecule has 1 aliphatic rings. The van der Waals surface area contributed by atoms with Crippen molar-refractivity contribution in [3.63, 3.8) is 0 Å². The zero-order valence-electron chi connectivity index (χ0n) is 5.34. The third kappa shape index (κ3) is 1.10. The summed E-state index contributed by atoms with van der Waals surface area (Å²) in [4.78, 5) is 5.56. The molecule has 0 aliphatic carbocycles. The second-order valence-electron chi connectivity index (χ2n) is 2.01. The summed E-state index contributed by atoms with van der Waals surface area (Å²) in [6, 6.07) is 4.15. The molecule has 2 rings (SSSR count). The molecule has 0 aromatic carbocycles. The van der Waals surface area contributed by atoms with Crippen LogP contribution in [-0.2, 0) is 0 Å². The van der Waals surface area contributed by atoms with Crippen molar-refractivity contribution in [3.8, 4) is 0 Å². The standard InChI is InChI=1S/C6H5IN2S/c1-4-2-3-5-6(8-4)9-7-10-5/h2-3H,1H3. The Morgan fingerprint density at radius 1 is 1.50 bits per heavy atom. The molecule has 0 spiro atoms. The van der Waals surface area contributed by atoms with Crippen LogP contribution in [0.5, 0.6) is 0 Å². The van der Waals surface area contributed by atoms with Crippen molar-refractivity contribution < 1.29 is 0 Å². The van der Waals surface area contributed by atoms with Gasteiger partial charge in [0.15, 0.2) is 5.82 Å². The Hall–Kier alpha value is 0.0300. The van der Waals surface area contributed by atoms with Crippen LogP contribution in [-0.4, -0.2) is 4.98 Å². The summed E-state index contributed by atoms with van der Waals surface area (Å²) < 4.78 is 4.32. The van der Waals surface area contributed by atoms with Gasteiger partial charge in [-0.25, -0.2) is 4.98 Å². The predicted molar refractivity (Wildman–Crippen MR) is 50.9 cm³/mol. The SMILES string of the molecule is Cc1ccc2c(n1)N=IS2. The first-order valence-corrected chi connectivity index (χ1v) is 7.18. The van der Waals surface area contributed by atoms with Gasteiger partial charge in [-0.15, -0.1) is 0 Å². The summed E-state index contributed by atoms with van der Waals surface area (Å²) >= 11 is -0.0211. The van der Waals surface area contributed by atoms with Crippen molar-refractivity contribution in [1.82, 2.24) is 4.98 Å². The summed E-state index contributed by atoms with van der Waals surface area (Å²) in [7, 11) is 1.86. The Morgan fingerprint density at radius 2 is 2.40 bits per heavy atom. The highest BCUT2D eigenvalue weighted by atomic mass is 127. The molecule has 0 bridgehead atoms. The van der Waals surface area contributed by atoms with E-state index in [9.17, 15) is 0 Å². The normalized spacial score (nSPS) is 14.5. The van der Waals surface area contributed by atoms with E-state index < -0.39 is 0 Å². The third-order valence-corrected chi connectivity index (χ3v) is 4.90. The van der Waals surface area contributed by atoms with E-state index in [0.717, 1.165) is 11.5 Å². The van der Waals surface area contributed by atoms with Crippen molar-refractivity contribution in [2.45, 2.75) is 11.8 Å². The molecule has 1 aliphatic heterocycles. The van der Waals surface area contributed by atoms with Gasteiger partial charge in [0, 0.05) is 5.69 Å². The lowest BCUT2D eigenvalue weighted by Crippen LogP contribution is -1.78. The fourth-order valence-electron chi connectivity index (χ4n) is 0.738. The van der Waals surface area contributed by atoms with Gasteiger partial charge in [-0.2, -0.15) is 3.15 Å². The van der Waals surface area contributed by atoms with Gasteiger partial charge in [0.2, 0.25) is 0 Å². The third-order valence-electron chi connectivity index (χ3n) is 1.21. The van der Waals surface area contributed by atoms with Crippen LogP contribution in [0.4, 0.5) is 5.82 Å². The van der Waals surface area contributed by atoms with E-state index in [1.54, 1.807) is 0 Å². The second kappa shape index (κ2) is 2.58. The molecule has 0 radical (unpaired) electrons. The monoisotopic (exact) mass is 264 g/mol. The first-order valence-electron chi connectivity index (χ1n) is 2.86. The van der Waals surface area contributed by atoms with Crippen LogP contribution in [0.25, 0.3) is 0 Å². The highest BCUT2D eigenvalue weighted by molar-refractivity contribution is 14.2. The van der Waals surface area contributed by atoms with Crippen molar-refractivity contribution in [1.29, 1.82) is 0 Å². The van der Waals surface area contributed by atoms with E-state index in [1.807, 2.05) is 21.9 Å². The van der Waals surface area contributed by atoms with Crippen LogP contribution in [0.2, 0.25) is 0 Å². The molecule has 0 fully saturated rings. The zero-order chi connectivity index (χ0) is 6.97. The van der Waals surface area contributed by atoms with Gasteiger partial charge in [0.1, 0.15) is 0 Å². The molecule has 4 heteroatoms. The van der Waals surface area contributed by atoms with Gasteiger partial charge in [0.25, 0.3) is 0 Å². The average molecular weight is 264 g/mol. The molecule has 0 saturated heterocycles. The van der Waals surface area contributed by atoms with E-state index in [-0.39, 0.29) is 19.6 Å². The van der Waals surface area contributed by atoms with E-state index in [2.05, 4.69) is 14.2 Å². The highest BCUT2D eigenvalue weighted by Gasteiger charge is 2.07. The molecular formula is C6H5IN2S. The molecule has 2 heterocycles. The molecule has 52 valence electrons. The zero-order valence-corrected chi connectivity index (χ0v) is 8.31. The lowest BCUT2D eigenvalue weighted by Gasteiger charge is -1.93. The number of rotatable bonds is 0. The molecule has 1 aromatic heterocycles. The first kappa shape index (κ1) is 6.72. The summed E-state index contributed by atoms with van der Waals surface area (Å²) in [6.45, 7) is 2.00. The lowest BCUT2D eigenvalue weighted by atomic mass is 10.4. The van der Waals surface area contributed by atoms with Gasteiger partial charge in [0.05, 0.1) is 24.5 Å². The van der Waals surface area contributed by atoms with Gasteiger partial charge >= 0.3 is 0 Å². The van der Waals surface area contributed by atoms with Crippen LogP contribution in [0, 0.1) is 6.92 Å². The Bertz CT molecular complexity index is 298. The number of fused-ring (bicyclic) bond motifs is 1. The van der Waals surface area contributed by atoms with E-state index in [0.29, 0.717) is 0 Å². The van der Waals surface area contributed by atoms with Crippen LogP contribution < -0.4 is 0 Å². The number of nitrogens with zero attached hydrogens (tertiary/aromatic N) is 2. The lowest BCUT2D eigenvalue weighted by molar-refractivity contribution is 1.14. The number of aryl methyl sites for hydroxylation is 1. The Kier molecular flexibility index (Phi) is 1.73. The van der Waals surface area contributed by atoms with Crippen LogP contribution in [0.1, 0.15) is 5.69 Å². The summed E-state index contributed by atoms with van der Waals surface area (Å²) in [5.74, 6) is 0.970. The maximum atomic E-state index is 4.32. The van der Waals surface area contributed by atoms with Crippen molar-refractivity contribution in [2.24, 2.45) is 3.15 Å². The van der Waals surface area contributed by atoms with Crippen LogP contribution >= 0.6 is 28.6 Å². The van der Waals surface area contributed by atoms with E-state index in [1.165, 1.54) is 4.90 Å². The number of pyridine rings is 1. The van der Waals surface area contributed by atoms with E-state index >= 15 is 0 Å². The topological polar surface area (TPSA) is 25.2 Å². The van der Waals surface area contributed by atoms with Crippen molar-refractivity contribution in [2.75, 3.05) is 0 Å². The van der Waals surface area contributed by atoms with Crippen LogP contribution in [0.3, 0.4) is 0 Å². The Balaban J connectivity index is 2.60. The number of hydrogen-bond acceptors (Lipinski definition) is 3. The second-order valence-corrected chi connectivity index (χ2v) is 5.72. The van der Waals surface area contributed by atoms with Gasteiger partial charge in [-0.1, -0.05) is 0 Å². The molecule has 0 unspecified atom stereocenters. The molecular weight excluding hydrogens is 259 g/mol. The maximum absolute atomic E-state index is 4.32. The number of aromatic nitrogens is 1. The Labute approximate surface area is 72.0 Å². The maximum Gasteiger partial charge on any atom is 0.173 e. The van der Waals surface area contributed by atoms with Crippen molar-refractivity contribution >= 4 is 34.4 Å². The molecule has 0 saturated carbocycles. The quantitative estimate of drug-likeness (QED) is 0.672. The predicted octanol–water partition coefficient (Wildman–Crippen LogP) is 3.20. The largest absolute Gasteiger partial charge is 0.233 e. The fraction of sp³-hybridized carbons (Fsp3) is 0.167. The summed E-state index contributed by atoms with van der Waals surface area (Å²) in [5, 5.41) is 0. The summed E-state index contributed by atoms with van der Waals surface area (Å²) in [5.41, 5.74) is 1.06. The van der Waals surface area contributed by atoms with Gasteiger partial charge < -0.3 is 0 Å². The first-order chi connectivity index (χ1) is 4.86. The molecule has 0 amide bonds. The molecule has 10 heavy (non-hydrogen) atoms. The molecule has 0 N–H and O–H groups in total. The van der Waals surface area contributed by atoms with Crippen molar-refractivity contribution in [3.05, 3.63) is 17.8 Å².